The van der Waals surface area contributed by atoms with E-state index in [1.807, 2.05) is 24.0 Å². The predicted molar refractivity (Wildman–Crippen MR) is 113 cm³/mol. The predicted octanol–water partition coefficient (Wildman–Crippen LogP) is 4.01. The smallest absolute Gasteiger partial charge is 0.265 e. The van der Waals surface area contributed by atoms with Gasteiger partial charge >= 0.3 is 0 Å². The summed E-state index contributed by atoms with van der Waals surface area (Å²) in [4.78, 5) is 31.6. The minimum absolute atomic E-state index is 0.0296. The highest BCUT2D eigenvalue weighted by Gasteiger charge is 2.44. The number of carbonyl (C=O) groups excluding carboxylic acids is 2. The van der Waals surface area contributed by atoms with Gasteiger partial charge in [-0.05, 0) is 30.9 Å². The molecule has 2 heterocycles. The second-order valence-electron chi connectivity index (χ2n) is 8.44. The number of carbonyl (C=O) groups is 2. The monoisotopic (exact) mass is 399 g/mol. The molecule has 0 saturated heterocycles. The van der Waals surface area contributed by atoms with Gasteiger partial charge in [0.15, 0.2) is 5.17 Å². The zero-order valence-electron chi connectivity index (χ0n) is 16.6. The van der Waals surface area contributed by atoms with Gasteiger partial charge in [-0.2, -0.15) is 4.99 Å². The van der Waals surface area contributed by atoms with Gasteiger partial charge in [0.2, 0.25) is 5.91 Å². The number of rotatable bonds is 3. The van der Waals surface area contributed by atoms with Crippen molar-refractivity contribution in [1.29, 1.82) is 0 Å². The van der Waals surface area contributed by atoms with E-state index in [2.05, 4.69) is 22.4 Å². The van der Waals surface area contributed by atoms with Crippen LogP contribution in [0.25, 0.3) is 0 Å². The Morgan fingerprint density at radius 1 is 1.14 bits per heavy atom. The van der Waals surface area contributed by atoms with E-state index in [1.54, 1.807) is 0 Å². The average molecular weight is 400 g/mol. The van der Waals surface area contributed by atoms with Crippen LogP contribution in [-0.2, 0) is 22.7 Å². The first-order valence-electron chi connectivity index (χ1n) is 10.5. The Balaban J connectivity index is 1.34. The Morgan fingerprint density at radius 2 is 1.75 bits per heavy atom. The standard InChI is InChI=1S/C22H29N3O2S/c1-22(13-19(26)25-14-16-9-7-8-10-17(16)15-25)20(27)24-21(28-22)23-18-11-5-3-2-4-6-12-18/h7-10,18H,2-6,11-15H2,1H3,(H,23,24,27). The zero-order chi connectivity index (χ0) is 19.6. The summed E-state index contributed by atoms with van der Waals surface area (Å²) >= 11 is 1.44. The highest BCUT2D eigenvalue weighted by Crippen LogP contribution is 2.38. The zero-order valence-corrected chi connectivity index (χ0v) is 17.4. The summed E-state index contributed by atoms with van der Waals surface area (Å²) in [5.41, 5.74) is 2.41. The van der Waals surface area contributed by atoms with E-state index in [4.69, 9.17) is 0 Å². The van der Waals surface area contributed by atoms with Crippen LogP contribution < -0.4 is 5.32 Å². The second kappa shape index (κ2) is 8.27. The fourth-order valence-electron chi connectivity index (χ4n) is 4.35. The van der Waals surface area contributed by atoms with Crippen molar-refractivity contribution >= 4 is 28.7 Å². The van der Waals surface area contributed by atoms with Crippen molar-refractivity contribution in [1.82, 2.24) is 10.2 Å². The number of benzene rings is 1. The molecule has 1 saturated carbocycles. The largest absolute Gasteiger partial charge is 0.362 e. The van der Waals surface area contributed by atoms with Crippen molar-refractivity contribution in [2.24, 2.45) is 4.99 Å². The molecule has 0 spiro atoms. The molecule has 1 unspecified atom stereocenters. The van der Waals surface area contributed by atoms with E-state index >= 15 is 0 Å². The van der Waals surface area contributed by atoms with Crippen molar-refractivity contribution < 1.29 is 9.59 Å². The Labute approximate surface area is 171 Å². The first-order chi connectivity index (χ1) is 13.5. The first kappa shape index (κ1) is 19.5. The Hall–Kier alpha value is -1.82. The highest BCUT2D eigenvalue weighted by atomic mass is 32.2. The number of nitrogens with zero attached hydrogens (tertiary/aromatic N) is 2. The Morgan fingerprint density at radius 3 is 2.39 bits per heavy atom. The number of amides is 2. The molecule has 1 aromatic carbocycles. The van der Waals surface area contributed by atoms with Gasteiger partial charge in [0.25, 0.3) is 5.91 Å². The number of amidine groups is 1. The number of nitrogens with one attached hydrogen (secondary N) is 1. The third-order valence-corrected chi connectivity index (χ3v) is 7.26. The maximum absolute atomic E-state index is 12.9. The molecule has 1 atom stereocenters. The van der Waals surface area contributed by atoms with E-state index < -0.39 is 4.75 Å². The fraction of sp³-hybridized carbons (Fsp3) is 0.591. The van der Waals surface area contributed by atoms with E-state index in [9.17, 15) is 9.59 Å². The molecule has 2 amide bonds. The lowest BCUT2D eigenvalue weighted by Crippen LogP contribution is -2.37. The molecule has 6 heteroatoms. The summed E-state index contributed by atoms with van der Waals surface area (Å²) in [6.45, 7) is 3.13. The van der Waals surface area contributed by atoms with E-state index in [0.717, 1.165) is 12.8 Å². The van der Waals surface area contributed by atoms with Crippen LogP contribution in [0.1, 0.15) is 69.4 Å². The van der Waals surface area contributed by atoms with Gasteiger partial charge in [-0.15, -0.1) is 0 Å². The molecule has 2 aliphatic heterocycles. The van der Waals surface area contributed by atoms with Crippen molar-refractivity contribution in [2.45, 2.75) is 82.2 Å². The number of fused-ring (bicyclic) bond motifs is 1. The summed E-state index contributed by atoms with van der Waals surface area (Å²) in [5.74, 6) is -0.155. The van der Waals surface area contributed by atoms with Gasteiger partial charge in [-0.25, -0.2) is 0 Å². The third kappa shape index (κ3) is 4.27. The van der Waals surface area contributed by atoms with Crippen LogP contribution in [0.4, 0.5) is 0 Å². The summed E-state index contributed by atoms with van der Waals surface area (Å²) < 4.78 is -0.796. The summed E-state index contributed by atoms with van der Waals surface area (Å²) in [5, 5.41) is 4.20. The minimum atomic E-state index is -0.796. The molecule has 4 rings (SSSR count). The molecule has 5 nitrogen and oxygen atoms in total. The third-order valence-electron chi connectivity index (χ3n) is 6.09. The van der Waals surface area contributed by atoms with Gasteiger partial charge < -0.3 is 10.2 Å². The van der Waals surface area contributed by atoms with E-state index in [1.165, 1.54) is 55.0 Å². The maximum Gasteiger partial charge on any atom is 0.265 e. The molecular weight excluding hydrogens is 370 g/mol. The van der Waals surface area contributed by atoms with Crippen LogP contribution in [0.5, 0.6) is 0 Å². The van der Waals surface area contributed by atoms with Crippen molar-refractivity contribution in [3.8, 4) is 0 Å². The lowest BCUT2D eigenvalue weighted by Gasteiger charge is -2.25. The van der Waals surface area contributed by atoms with Gasteiger partial charge in [-0.1, -0.05) is 68.1 Å². The van der Waals surface area contributed by atoms with Crippen LogP contribution in [0.3, 0.4) is 0 Å². The average Bonchev–Trinajstić information content (AvgIpc) is 3.18. The summed E-state index contributed by atoms with van der Waals surface area (Å²) in [7, 11) is 0. The van der Waals surface area contributed by atoms with Crippen LogP contribution in [-0.4, -0.2) is 32.7 Å². The second-order valence-corrected chi connectivity index (χ2v) is 9.93. The molecule has 3 aliphatic rings. The fourth-order valence-corrected chi connectivity index (χ4v) is 5.46. The number of hydrogen-bond acceptors (Lipinski definition) is 4. The van der Waals surface area contributed by atoms with Gasteiger partial charge in [-0.3, -0.25) is 9.59 Å². The van der Waals surface area contributed by atoms with Gasteiger partial charge in [0.05, 0.1) is 6.42 Å². The molecule has 0 bridgehead atoms. The van der Waals surface area contributed by atoms with Gasteiger partial charge in [0.1, 0.15) is 4.75 Å². The lowest BCUT2D eigenvalue weighted by molar-refractivity contribution is -0.134. The van der Waals surface area contributed by atoms with Gasteiger partial charge in [0, 0.05) is 19.1 Å². The normalized spacial score (nSPS) is 25.8. The highest BCUT2D eigenvalue weighted by molar-refractivity contribution is 8.16. The van der Waals surface area contributed by atoms with E-state index in [0.29, 0.717) is 24.3 Å². The van der Waals surface area contributed by atoms with Crippen LogP contribution >= 0.6 is 11.8 Å². The SMILES string of the molecule is CC1(CC(=O)N2Cc3ccccc3C2)SC(NC2CCCCCCC2)=NC1=O. The van der Waals surface area contributed by atoms with Crippen LogP contribution in [0.15, 0.2) is 29.3 Å². The number of thioether (sulfide) groups is 1. The molecule has 0 radical (unpaired) electrons. The summed E-state index contributed by atoms with van der Waals surface area (Å²) in [6.07, 6.45) is 8.85. The van der Waals surface area contributed by atoms with Crippen LogP contribution in [0, 0.1) is 0 Å². The topological polar surface area (TPSA) is 61.8 Å². The lowest BCUT2D eigenvalue weighted by atomic mass is 9.97. The summed E-state index contributed by atoms with van der Waals surface area (Å²) in [6, 6.07) is 8.54. The van der Waals surface area contributed by atoms with Crippen molar-refractivity contribution in [3.05, 3.63) is 35.4 Å². The van der Waals surface area contributed by atoms with Crippen molar-refractivity contribution in [2.75, 3.05) is 0 Å². The molecule has 150 valence electrons. The maximum atomic E-state index is 12.9. The van der Waals surface area contributed by atoms with Crippen LogP contribution in [0.2, 0.25) is 0 Å². The number of hydrogen-bond donors (Lipinski definition) is 1. The minimum Gasteiger partial charge on any atom is -0.362 e. The molecule has 1 N–H and O–H groups in total. The number of aliphatic imine (C=N–C) groups is 1. The van der Waals surface area contributed by atoms with E-state index in [-0.39, 0.29) is 18.2 Å². The molecule has 0 aromatic heterocycles. The molecule has 1 aromatic rings. The van der Waals surface area contributed by atoms with Crippen molar-refractivity contribution in [3.63, 3.8) is 0 Å². The molecule has 28 heavy (non-hydrogen) atoms. The quantitative estimate of drug-likeness (QED) is 0.834. The first-order valence-corrected chi connectivity index (χ1v) is 11.3. The Kier molecular flexibility index (Phi) is 5.76. The molecule has 1 fully saturated rings. The molecular formula is C22H29N3O2S. The Bertz CT molecular complexity index is 761. The molecule has 1 aliphatic carbocycles.